The predicted molar refractivity (Wildman–Crippen MR) is 99.7 cm³/mol. The van der Waals surface area contributed by atoms with E-state index in [9.17, 15) is 9.59 Å². The van der Waals surface area contributed by atoms with Crippen LogP contribution in [-0.2, 0) is 4.74 Å². The highest BCUT2D eigenvalue weighted by molar-refractivity contribution is 9.10. The molecule has 2 amide bonds. The number of urea groups is 1. The Bertz CT molecular complexity index is 763. The summed E-state index contributed by atoms with van der Waals surface area (Å²) in [6, 6.07) is 6.97. The Morgan fingerprint density at radius 3 is 2.44 bits per heavy atom. The molecule has 0 bridgehead atoms. The summed E-state index contributed by atoms with van der Waals surface area (Å²) in [5.74, 6) is 0.0955. The fraction of sp³-hybridized carbons (Fsp3) is 0.353. The van der Waals surface area contributed by atoms with Crippen molar-refractivity contribution in [3.8, 4) is 11.3 Å². The lowest BCUT2D eigenvalue weighted by atomic mass is 10.2. The van der Waals surface area contributed by atoms with E-state index in [1.54, 1.807) is 27.7 Å². The molecule has 1 heterocycles. The zero-order chi connectivity index (χ0) is 18.6. The highest BCUT2D eigenvalue weighted by Gasteiger charge is 2.24. The van der Waals surface area contributed by atoms with Crippen LogP contribution in [0.2, 0.25) is 0 Å². The fourth-order valence-electron chi connectivity index (χ4n) is 2.06. The number of carbonyl (C=O) groups is 2. The minimum Gasteiger partial charge on any atom is -0.443 e. The van der Waals surface area contributed by atoms with Gasteiger partial charge in [0.2, 0.25) is 5.95 Å². The van der Waals surface area contributed by atoms with Crippen molar-refractivity contribution >= 4 is 34.0 Å². The Morgan fingerprint density at radius 1 is 1.24 bits per heavy atom. The number of aromatic nitrogens is 2. The number of nitrogens with zero attached hydrogens (tertiary/aromatic N) is 2. The van der Waals surface area contributed by atoms with Gasteiger partial charge in [-0.25, -0.2) is 19.1 Å². The van der Waals surface area contributed by atoms with E-state index >= 15 is 0 Å². The number of amides is 2. The van der Waals surface area contributed by atoms with Gasteiger partial charge in [0.05, 0.1) is 11.9 Å². The summed E-state index contributed by atoms with van der Waals surface area (Å²) in [5.41, 5.74) is 0.612. The van der Waals surface area contributed by atoms with Crippen LogP contribution in [0.4, 0.5) is 15.5 Å². The summed E-state index contributed by atoms with van der Waals surface area (Å²) < 4.78 is 7.62. The molecule has 134 valence electrons. The number of hydrogen-bond acceptors (Lipinski definition) is 4. The van der Waals surface area contributed by atoms with Crippen molar-refractivity contribution in [3.63, 3.8) is 0 Å². The van der Waals surface area contributed by atoms with Gasteiger partial charge in [-0.05, 0) is 39.8 Å². The molecule has 0 atom stereocenters. The van der Waals surface area contributed by atoms with Crippen LogP contribution >= 0.6 is 15.9 Å². The molecule has 8 heteroatoms. The van der Waals surface area contributed by atoms with Gasteiger partial charge in [-0.3, -0.25) is 5.32 Å². The number of anilines is 1. The normalized spacial score (nSPS) is 11.1. The molecule has 2 aromatic rings. The van der Waals surface area contributed by atoms with Crippen molar-refractivity contribution in [3.05, 3.63) is 34.9 Å². The van der Waals surface area contributed by atoms with Crippen LogP contribution in [-0.4, -0.2) is 33.8 Å². The van der Waals surface area contributed by atoms with Crippen LogP contribution in [0.5, 0.6) is 0 Å². The van der Waals surface area contributed by atoms with Crippen LogP contribution < -0.4 is 10.6 Å². The lowest BCUT2D eigenvalue weighted by Gasteiger charge is -2.21. The number of hydrogen-bond donors (Lipinski definition) is 2. The Hall–Kier alpha value is -2.35. The third kappa shape index (κ3) is 5.06. The second-order valence-corrected chi connectivity index (χ2v) is 7.19. The molecule has 2 N–H and O–H groups in total. The average molecular weight is 409 g/mol. The van der Waals surface area contributed by atoms with Crippen molar-refractivity contribution in [1.29, 1.82) is 0 Å². The molecule has 25 heavy (non-hydrogen) atoms. The summed E-state index contributed by atoms with van der Waals surface area (Å²) in [4.78, 5) is 28.7. The number of nitrogens with one attached hydrogen (secondary N) is 2. The Morgan fingerprint density at radius 2 is 1.88 bits per heavy atom. The first-order valence-corrected chi connectivity index (χ1v) is 8.62. The number of halogens is 1. The number of ether oxygens (including phenoxy) is 1. The van der Waals surface area contributed by atoms with E-state index in [0.717, 1.165) is 10.0 Å². The van der Waals surface area contributed by atoms with Crippen LogP contribution in [0.3, 0.4) is 0 Å². The van der Waals surface area contributed by atoms with Crippen molar-refractivity contribution in [2.24, 2.45) is 0 Å². The second kappa shape index (κ2) is 7.69. The van der Waals surface area contributed by atoms with Gasteiger partial charge in [0.1, 0.15) is 5.60 Å². The summed E-state index contributed by atoms with van der Waals surface area (Å²) in [6.45, 7) is 7.58. The van der Waals surface area contributed by atoms with Crippen molar-refractivity contribution in [1.82, 2.24) is 14.9 Å². The zero-order valence-electron chi connectivity index (χ0n) is 14.6. The topological polar surface area (TPSA) is 85.3 Å². The molecule has 0 aliphatic rings. The minimum absolute atomic E-state index is 0.0955. The number of imidazole rings is 1. The number of rotatable bonds is 3. The van der Waals surface area contributed by atoms with Gasteiger partial charge in [-0.15, -0.1) is 0 Å². The van der Waals surface area contributed by atoms with Crippen molar-refractivity contribution < 1.29 is 14.3 Å². The molecule has 0 saturated heterocycles. The molecule has 0 aliphatic heterocycles. The van der Waals surface area contributed by atoms with E-state index < -0.39 is 17.7 Å². The molecule has 0 saturated carbocycles. The molecule has 2 rings (SSSR count). The van der Waals surface area contributed by atoms with Crippen LogP contribution in [0, 0.1) is 0 Å². The van der Waals surface area contributed by atoms with Crippen LogP contribution in [0.15, 0.2) is 34.9 Å². The van der Waals surface area contributed by atoms with Crippen molar-refractivity contribution in [2.45, 2.75) is 33.3 Å². The van der Waals surface area contributed by atoms with Crippen molar-refractivity contribution in [2.75, 3.05) is 11.9 Å². The molecule has 0 fully saturated rings. The monoisotopic (exact) mass is 408 g/mol. The van der Waals surface area contributed by atoms with Gasteiger partial charge in [-0.2, -0.15) is 0 Å². The highest BCUT2D eigenvalue weighted by atomic mass is 79.9. The lowest BCUT2D eigenvalue weighted by Crippen LogP contribution is -2.32. The first kappa shape index (κ1) is 19.0. The molecule has 0 radical (unpaired) electrons. The van der Waals surface area contributed by atoms with E-state index in [0.29, 0.717) is 12.2 Å². The number of benzene rings is 1. The summed E-state index contributed by atoms with van der Waals surface area (Å²) >= 11 is 3.38. The molecule has 1 aromatic carbocycles. The van der Waals surface area contributed by atoms with E-state index in [4.69, 9.17) is 4.74 Å². The molecule has 0 unspecified atom stereocenters. The quantitative estimate of drug-likeness (QED) is 0.794. The first-order chi connectivity index (χ1) is 11.7. The van der Waals surface area contributed by atoms with E-state index in [-0.39, 0.29) is 5.95 Å². The fourth-order valence-corrected chi connectivity index (χ4v) is 2.33. The van der Waals surface area contributed by atoms with Crippen LogP contribution in [0.1, 0.15) is 27.7 Å². The van der Waals surface area contributed by atoms with Crippen LogP contribution in [0.25, 0.3) is 11.3 Å². The highest BCUT2D eigenvalue weighted by Crippen LogP contribution is 2.26. The summed E-state index contributed by atoms with van der Waals surface area (Å²) in [7, 11) is 0. The van der Waals surface area contributed by atoms with Gasteiger partial charge in [-0.1, -0.05) is 28.1 Å². The third-order valence-corrected chi connectivity index (χ3v) is 3.57. The number of carbonyl (C=O) groups excluding carboxylic acids is 2. The maximum atomic E-state index is 12.7. The summed E-state index contributed by atoms with van der Waals surface area (Å²) in [6.07, 6.45) is 0.907. The van der Waals surface area contributed by atoms with Gasteiger partial charge >= 0.3 is 12.1 Å². The zero-order valence-corrected chi connectivity index (χ0v) is 16.2. The predicted octanol–water partition coefficient (Wildman–Crippen LogP) is 4.24. The first-order valence-electron chi connectivity index (χ1n) is 7.83. The molecule has 1 aromatic heterocycles. The van der Waals surface area contributed by atoms with Gasteiger partial charge in [0.25, 0.3) is 0 Å². The smallest absolute Gasteiger partial charge is 0.421 e. The van der Waals surface area contributed by atoms with E-state index in [1.165, 1.54) is 10.8 Å². The van der Waals surface area contributed by atoms with E-state index in [2.05, 4.69) is 31.5 Å². The standard InChI is InChI=1S/C17H21BrN4O3/c1-5-19-15(23)21-14-20-10-13(11-6-8-12(18)9-7-11)22(14)16(24)25-17(2,3)4/h6-10H,5H2,1-4H3,(H2,19,20,21,23). The van der Waals surface area contributed by atoms with E-state index in [1.807, 2.05) is 24.3 Å². The van der Waals surface area contributed by atoms with Gasteiger partial charge in [0, 0.05) is 16.6 Å². The molecule has 0 spiro atoms. The Balaban J connectivity index is 2.45. The largest absolute Gasteiger partial charge is 0.443 e. The third-order valence-electron chi connectivity index (χ3n) is 3.04. The molecular formula is C17H21BrN4O3. The molecule has 7 nitrogen and oxygen atoms in total. The summed E-state index contributed by atoms with van der Waals surface area (Å²) in [5, 5.41) is 5.17. The van der Waals surface area contributed by atoms with Gasteiger partial charge in [0.15, 0.2) is 0 Å². The Kier molecular flexibility index (Phi) is 5.84. The maximum Gasteiger partial charge on any atom is 0.421 e. The average Bonchev–Trinajstić information content (AvgIpc) is 2.90. The molecule has 0 aliphatic carbocycles. The minimum atomic E-state index is -0.679. The molecular weight excluding hydrogens is 388 g/mol. The van der Waals surface area contributed by atoms with Gasteiger partial charge < -0.3 is 10.1 Å². The Labute approximate surface area is 154 Å². The second-order valence-electron chi connectivity index (χ2n) is 6.27. The maximum absolute atomic E-state index is 12.7. The SMILES string of the molecule is CCNC(=O)Nc1ncc(-c2ccc(Br)cc2)n1C(=O)OC(C)(C)C. The lowest BCUT2D eigenvalue weighted by molar-refractivity contribution is 0.0543.